The van der Waals surface area contributed by atoms with Gasteiger partial charge in [-0.1, -0.05) is 49.4 Å². The number of allylic oxidation sites excluding steroid dienone is 1. The monoisotopic (exact) mass is 574 g/mol. The summed E-state index contributed by atoms with van der Waals surface area (Å²) in [6.45, 7) is 9.63. The van der Waals surface area contributed by atoms with E-state index in [0.29, 0.717) is 32.1 Å². The number of thiazole rings is 1. The van der Waals surface area contributed by atoms with Crippen LogP contribution in [0, 0.1) is 10.1 Å². The predicted octanol–water partition coefficient (Wildman–Crippen LogP) is 4.82. The van der Waals surface area contributed by atoms with Crippen LogP contribution in [-0.2, 0) is 9.53 Å². The van der Waals surface area contributed by atoms with E-state index in [2.05, 4.69) is 23.7 Å². The van der Waals surface area contributed by atoms with E-state index in [1.807, 2.05) is 24.3 Å². The first-order valence-corrected chi connectivity index (χ1v) is 14.8. The van der Waals surface area contributed by atoms with E-state index in [1.165, 1.54) is 23.5 Å². The molecule has 1 saturated heterocycles. The van der Waals surface area contributed by atoms with Crippen molar-refractivity contribution in [3.8, 4) is 0 Å². The summed E-state index contributed by atoms with van der Waals surface area (Å²) in [4.78, 5) is 45.8. The molecule has 10 heteroatoms. The number of fused-ring (bicyclic) bond motifs is 1. The third kappa shape index (κ3) is 5.61. The van der Waals surface area contributed by atoms with Crippen molar-refractivity contribution in [2.75, 3.05) is 24.6 Å². The molecule has 0 amide bonds. The maximum atomic E-state index is 14.1. The van der Waals surface area contributed by atoms with Crippen LogP contribution in [0.15, 0.2) is 63.5 Å². The van der Waals surface area contributed by atoms with Gasteiger partial charge < -0.3 is 9.64 Å². The van der Waals surface area contributed by atoms with E-state index in [-0.39, 0.29) is 17.9 Å². The van der Waals surface area contributed by atoms with Crippen LogP contribution < -0.4 is 19.8 Å². The van der Waals surface area contributed by atoms with Gasteiger partial charge in [0, 0.05) is 36.5 Å². The lowest BCUT2D eigenvalue weighted by Gasteiger charge is -2.30. The second-order valence-electron chi connectivity index (χ2n) is 10.7. The van der Waals surface area contributed by atoms with Crippen molar-refractivity contribution in [1.82, 2.24) is 4.57 Å². The predicted molar refractivity (Wildman–Crippen MR) is 160 cm³/mol. The molecule has 9 nitrogen and oxygen atoms in total. The lowest BCUT2D eigenvalue weighted by Crippen LogP contribution is -2.40. The molecule has 5 rings (SSSR count). The number of anilines is 1. The van der Waals surface area contributed by atoms with Gasteiger partial charge in [-0.05, 0) is 62.3 Å². The van der Waals surface area contributed by atoms with E-state index in [1.54, 1.807) is 30.6 Å². The van der Waals surface area contributed by atoms with E-state index in [4.69, 9.17) is 4.74 Å². The van der Waals surface area contributed by atoms with E-state index in [0.717, 1.165) is 49.2 Å². The molecule has 0 bridgehead atoms. The lowest BCUT2D eigenvalue weighted by molar-refractivity contribution is -0.384. The summed E-state index contributed by atoms with van der Waals surface area (Å²) in [7, 11) is 0. The van der Waals surface area contributed by atoms with Crippen LogP contribution in [-0.4, -0.2) is 35.2 Å². The quantitative estimate of drug-likeness (QED) is 0.228. The summed E-state index contributed by atoms with van der Waals surface area (Å²) >= 11 is 1.22. The first-order valence-electron chi connectivity index (χ1n) is 14.0. The second kappa shape index (κ2) is 11.8. The van der Waals surface area contributed by atoms with Crippen LogP contribution in [0.2, 0.25) is 0 Å². The van der Waals surface area contributed by atoms with Crippen LogP contribution in [0.3, 0.4) is 0 Å². The molecule has 0 saturated carbocycles. The van der Waals surface area contributed by atoms with E-state index < -0.39 is 16.9 Å². The SMILES string of the molecule is CCOC(=O)C1=C(C)N=c2sc(=Cc3cc([N+](=O)[O-])ccc3N3CCCCC3)c(=O)n2C1c1ccc(C(C)C)cc1. The summed E-state index contributed by atoms with van der Waals surface area (Å²) in [5, 5.41) is 11.6. The topological polar surface area (TPSA) is 107 Å². The van der Waals surface area contributed by atoms with Gasteiger partial charge in [0.25, 0.3) is 11.2 Å². The fourth-order valence-corrected chi connectivity index (χ4v) is 6.54. The summed E-state index contributed by atoms with van der Waals surface area (Å²) in [5.41, 5.74) is 3.89. The van der Waals surface area contributed by atoms with Gasteiger partial charge in [-0.3, -0.25) is 19.5 Å². The lowest BCUT2D eigenvalue weighted by atomic mass is 9.93. The van der Waals surface area contributed by atoms with E-state index >= 15 is 0 Å². The van der Waals surface area contributed by atoms with Gasteiger partial charge >= 0.3 is 5.97 Å². The molecule has 1 fully saturated rings. The number of carbonyl (C=O) groups is 1. The van der Waals surface area contributed by atoms with Crippen molar-refractivity contribution in [2.45, 2.75) is 58.9 Å². The Morgan fingerprint density at radius 2 is 1.88 bits per heavy atom. The van der Waals surface area contributed by atoms with Crippen molar-refractivity contribution in [2.24, 2.45) is 4.99 Å². The van der Waals surface area contributed by atoms with Crippen molar-refractivity contribution in [3.63, 3.8) is 0 Å². The molecule has 0 spiro atoms. The average molecular weight is 575 g/mol. The normalized spacial score (nSPS) is 17.4. The minimum atomic E-state index is -0.708. The van der Waals surface area contributed by atoms with Crippen LogP contribution in [0.4, 0.5) is 11.4 Å². The van der Waals surface area contributed by atoms with Gasteiger partial charge in [0.05, 0.1) is 33.4 Å². The number of esters is 1. The Balaban J connectivity index is 1.70. The molecule has 41 heavy (non-hydrogen) atoms. The molecule has 1 aromatic heterocycles. The second-order valence-corrected chi connectivity index (χ2v) is 11.7. The number of ether oxygens (including phenoxy) is 1. The van der Waals surface area contributed by atoms with Crippen molar-refractivity contribution in [3.05, 3.63) is 100 Å². The maximum Gasteiger partial charge on any atom is 0.338 e. The molecule has 3 aromatic rings. The van der Waals surface area contributed by atoms with Gasteiger partial charge in [0.1, 0.15) is 0 Å². The highest BCUT2D eigenvalue weighted by atomic mass is 32.1. The third-order valence-electron chi connectivity index (χ3n) is 7.64. The Labute approximate surface area is 242 Å². The molecule has 214 valence electrons. The van der Waals surface area contributed by atoms with E-state index in [9.17, 15) is 19.7 Å². The molecule has 0 aliphatic carbocycles. The summed E-state index contributed by atoms with van der Waals surface area (Å²) < 4.78 is 7.34. The number of hydrogen-bond acceptors (Lipinski definition) is 8. The highest BCUT2D eigenvalue weighted by Crippen LogP contribution is 2.32. The minimum absolute atomic E-state index is 0.0339. The van der Waals surface area contributed by atoms with Crippen LogP contribution >= 0.6 is 11.3 Å². The number of nitro benzene ring substituents is 1. The van der Waals surface area contributed by atoms with Gasteiger partial charge in [-0.25, -0.2) is 9.79 Å². The zero-order valence-corrected chi connectivity index (χ0v) is 24.6. The molecule has 2 aliphatic heterocycles. The largest absolute Gasteiger partial charge is 0.463 e. The first kappa shape index (κ1) is 28.5. The van der Waals surface area contributed by atoms with Crippen LogP contribution in [0.25, 0.3) is 6.08 Å². The number of nitro groups is 1. The Morgan fingerprint density at radius 3 is 2.51 bits per heavy atom. The van der Waals surface area contributed by atoms with Crippen molar-refractivity contribution < 1.29 is 14.5 Å². The van der Waals surface area contributed by atoms with Crippen molar-refractivity contribution in [1.29, 1.82) is 0 Å². The highest BCUT2D eigenvalue weighted by molar-refractivity contribution is 7.07. The Bertz CT molecular complexity index is 1700. The minimum Gasteiger partial charge on any atom is -0.463 e. The number of aromatic nitrogens is 1. The van der Waals surface area contributed by atoms with Gasteiger partial charge in [-0.15, -0.1) is 0 Å². The van der Waals surface area contributed by atoms with Gasteiger partial charge in [-0.2, -0.15) is 0 Å². The number of rotatable bonds is 7. The molecule has 3 heterocycles. The zero-order valence-electron chi connectivity index (χ0n) is 23.8. The number of carbonyl (C=O) groups excluding carboxylic acids is 1. The van der Waals surface area contributed by atoms with Gasteiger partial charge in [0.2, 0.25) is 0 Å². The maximum absolute atomic E-state index is 14.1. The smallest absolute Gasteiger partial charge is 0.338 e. The summed E-state index contributed by atoms with van der Waals surface area (Å²) in [6, 6.07) is 12.0. The fourth-order valence-electron chi connectivity index (χ4n) is 5.51. The Morgan fingerprint density at radius 1 is 1.17 bits per heavy atom. The Hall–Kier alpha value is -4.05. The molecular formula is C31H34N4O5S. The molecule has 2 aromatic carbocycles. The Kier molecular flexibility index (Phi) is 8.21. The number of nitrogens with zero attached hydrogens (tertiary/aromatic N) is 4. The van der Waals surface area contributed by atoms with Gasteiger partial charge in [0.15, 0.2) is 4.80 Å². The standard InChI is InChI=1S/C31H34N4O5S/c1-5-40-30(37)27-20(4)32-31-34(28(27)22-11-9-21(10-12-22)19(2)3)29(36)26(41-31)18-23-17-24(35(38)39)13-14-25(23)33-15-7-6-8-16-33/h9-14,17-19,28H,5-8,15-16H2,1-4H3. The van der Waals surface area contributed by atoms with Crippen LogP contribution in [0.5, 0.6) is 0 Å². The molecule has 1 unspecified atom stereocenters. The number of non-ortho nitro benzene ring substituents is 1. The highest BCUT2D eigenvalue weighted by Gasteiger charge is 2.33. The zero-order chi connectivity index (χ0) is 29.3. The van der Waals surface area contributed by atoms with Crippen molar-refractivity contribution >= 4 is 34.8 Å². The number of benzene rings is 2. The first-order chi connectivity index (χ1) is 19.7. The molecule has 0 radical (unpaired) electrons. The van der Waals surface area contributed by atoms with Crippen LogP contribution in [0.1, 0.15) is 75.6 Å². The third-order valence-corrected chi connectivity index (χ3v) is 8.62. The molecule has 1 atom stereocenters. The molecule has 0 N–H and O–H groups in total. The average Bonchev–Trinajstić information content (AvgIpc) is 3.26. The number of piperidine rings is 1. The summed E-state index contributed by atoms with van der Waals surface area (Å²) in [6.07, 6.45) is 4.97. The molecular weight excluding hydrogens is 540 g/mol. The fraction of sp³-hybridized carbons (Fsp3) is 0.387. The molecule has 2 aliphatic rings. The summed E-state index contributed by atoms with van der Waals surface area (Å²) in [5.74, 6) is -0.177. The number of hydrogen-bond donors (Lipinski definition) is 0.